The van der Waals surface area contributed by atoms with Crippen LogP contribution in [0.2, 0.25) is 0 Å². The Morgan fingerprint density at radius 3 is 2.15 bits per heavy atom. The number of hydrogen-bond acceptors (Lipinski definition) is 8. The molecule has 26 heavy (non-hydrogen) atoms. The number of hydrogen-bond donors (Lipinski definition) is 1. The Morgan fingerprint density at radius 1 is 1.04 bits per heavy atom. The van der Waals surface area contributed by atoms with Crippen LogP contribution in [0, 0.1) is 0 Å². The second kappa shape index (κ2) is 7.47. The molecule has 0 aliphatic heterocycles. The molecule has 0 heterocycles. The van der Waals surface area contributed by atoms with E-state index in [1.165, 1.54) is 34.3 Å². The van der Waals surface area contributed by atoms with Gasteiger partial charge in [0.15, 0.2) is 11.5 Å². The van der Waals surface area contributed by atoms with E-state index in [0.29, 0.717) is 0 Å². The molecule has 1 aromatic carbocycles. The maximum atomic E-state index is 12.6. The molecule has 1 aliphatic carbocycles. The van der Waals surface area contributed by atoms with Crippen molar-refractivity contribution >= 4 is 23.3 Å². The van der Waals surface area contributed by atoms with Gasteiger partial charge in [0.1, 0.15) is 17.6 Å². The van der Waals surface area contributed by atoms with Crippen molar-refractivity contribution in [3.63, 3.8) is 0 Å². The Kier molecular flexibility index (Phi) is 5.54. The van der Waals surface area contributed by atoms with E-state index in [1.807, 2.05) is 0 Å². The number of carbonyl (C=O) groups excluding carboxylic acids is 3. The molecule has 0 saturated carbocycles. The van der Waals surface area contributed by atoms with E-state index in [-0.39, 0.29) is 40.4 Å². The highest BCUT2D eigenvalue weighted by molar-refractivity contribution is 6.53. The number of aliphatic hydroxyl groups excluding tert-OH is 1. The third kappa shape index (κ3) is 3.22. The van der Waals surface area contributed by atoms with E-state index in [9.17, 15) is 19.5 Å². The number of benzene rings is 1. The first kappa shape index (κ1) is 19.3. The van der Waals surface area contributed by atoms with Crippen LogP contribution in [0.3, 0.4) is 0 Å². The number of rotatable bonds is 6. The summed E-state index contributed by atoms with van der Waals surface area (Å²) in [6, 6.07) is 1.41. The molecular formula is C18H20O8. The molecule has 0 bridgehead atoms. The Balaban J connectivity index is 2.71. The van der Waals surface area contributed by atoms with Crippen LogP contribution in [0.5, 0.6) is 17.2 Å². The minimum Gasteiger partial charge on any atom is -0.507 e. The van der Waals surface area contributed by atoms with Gasteiger partial charge in [0.2, 0.25) is 11.6 Å². The summed E-state index contributed by atoms with van der Waals surface area (Å²) in [4.78, 5) is 36.2. The molecule has 1 aromatic rings. The van der Waals surface area contributed by atoms with Crippen LogP contribution >= 0.6 is 0 Å². The second-order valence-electron chi connectivity index (χ2n) is 5.67. The second-order valence-corrected chi connectivity index (χ2v) is 5.67. The molecule has 0 radical (unpaired) electrons. The predicted molar refractivity (Wildman–Crippen MR) is 90.8 cm³/mol. The first-order valence-electron chi connectivity index (χ1n) is 7.78. The minimum absolute atomic E-state index is 0.0123. The van der Waals surface area contributed by atoms with Crippen LogP contribution < -0.4 is 14.2 Å². The Labute approximate surface area is 150 Å². The van der Waals surface area contributed by atoms with Crippen molar-refractivity contribution in [3.05, 3.63) is 22.8 Å². The van der Waals surface area contributed by atoms with Crippen LogP contribution in [-0.2, 0) is 14.3 Å². The first-order chi connectivity index (χ1) is 12.3. The van der Waals surface area contributed by atoms with Crippen molar-refractivity contribution in [1.29, 1.82) is 0 Å². The van der Waals surface area contributed by atoms with Gasteiger partial charge in [-0.05, 0) is 6.92 Å². The van der Waals surface area contributed by atoms with Gasteiger partial charge in [-0.2, -0.15) is 0 Å². The number of ether oxygens (including phenoxy) is 4. The van der Waals surface area contributed by atoms with E-state index in [1.54, 1.807) is 6.92 Å². The SMILES string of the molecule is COc1cc(OC)c2c(c1OC)C(O)=C(CC(C)OC(C)=O)C(=O)C2=O. The summed E-state index contributed by atoms with van der Waals surface area (Å²) in [5, 5.41) is 10.7. The summed E-state index contributed by atoms with van der Waals surface area (Å²) in [6.45, 7) is 2.78. The standard InChI is InChI=1S/C18H20O8/c1-8(26-9(2)19)6-10-15(20)14-13(17(22)16(10)21)11(23-3)7-12(24-4)18(14)25-5/h7-8,20H,6H2,1-5H3. The van der Waals surface area contributed by atoms with E-state index in [0.717, 1.165) is 0 Å². The largest absolute Gasteiger partial charge is 0.507 e. The number of aliphatic hydroxyl groups is 1. The summed E-state index contributed by atoms with van der Waals surface area (Å²) in [5.74, 6) is -2.30. The van der Waals surface area contributed by atoms with Gasteiger partial charge in [0.25, 0.3) is 0 Å². The summed E-state index contributed by atoms with van der Waals surface area (Å²) in [5.41, 5.74) is -0.250. The topological polar surface area (TPSA) is 108 Å². The normalized spacial score (nSPS) is 14.7. The zero-order chi connectivity index (χ0) is 19.6. The quantitative estimate of drug-likeness (QED) is 0.604. The average Bonchev–Trinajstić information content (AvgIpc) is 2.60. The van der Waals surface area contributed by atoms with Crippen molar-refractivity contribution in [3.8, 4) is 17.2 Å². The van der Waals surface area contributed by atoms with Crippen molar-refractivity contribution in [2.75, 3.05) is 21.3 Å². The van der Waals surface area contributed by atoms with Gasteiger partial charge >= 0.3 is 5.97 Å². The lowest BCUT2D eigenvalue weighted by Crippen LogP contribution is -2.28. The lowest BCUT2D eigenvalue weighted by atomic mass is 9.85. The van der Waals surface area contributed by atoms with E-state index < -0.39 is 29.4 Å². The smallest absolute Gasteiger partial charge is 0.302 e. The minimum atomic E-state index is -0.889. The van der Waals surface area contributed by atoms with Crippen LogP contribution in [-0.4, -0.2) is 50.1 Å². The van der Waals surface area contributed by atoms with Gasteiger partial charge in [0, 0.05) is 25.0 Å². The molecule has 1 atom stereocenters. The molecule has 8 heteroatoms. The van der Waals surface area contributed by atoms with Gasteiger partial charge in [-0.1, -0.05) is 0 Å². The maximum absolute atomic E-state index is 12.6. The molecule has 0 spiro atoms. The van der Waals surface area contributed by atoms with Gasteiger partial charge in [0.05, 0.1) is 32.5 Å². The fourth-order valence-electron chi connectivity index (χ4n) is 2.89. The zero-order valence-electron chi connectivity index (χ0n) is 15.2. The Bertz CT molecular complexity index is 806. The van der Waals surface area contributed by atoms with Crippen LogP contribution in [0.15, 0.2) is 11.6 Å². The van der Waals surface area contributed by atoms with E-state index in [4.69, 9.17) is 18.9 Å². The highest BCUT2D eigenvalue weighted by Gasteiger charge is 2.39. The molecule has 0 amide bonds. The van der Waals surface area contributed by atoms with Gasteiger partial charge in [-0.3, -0.25) is 14.4 Å². The van der Waals surface area contributed by atoms with Gasteiger partial charge in [-0.15, -0.1) is 0 Å². The lowest BCUT2D eigenvalue weighted by molar-refractivity contribution is -0.145. The van der Waals surface area contributed by atoms with Crippen molar-refractivity contribution in [1.82, 2.24) is 0 Å². The number of carbonyl (C=O) groups is 3. The van der Waals surface area contributed by atoms with Crippen molar-refractivity contribution < 1.29 is 38.4 Å². The Morgan fingerprint density at radius 2 is 1.65 bits per heavy atom. The van der Waals surface area contributed by atoms with Gasteiger partial charge in [-0.25, -0.2) is 0 Å². The number of esters is 1. The number of Topliss-reactive ketones (excluding diaryl/α,β-unsaturated/α-hetero) is 2. The molecule has 2 rings (SSSR count). The van der Waals surface area contributed by atoms with Gasteiger partial charge < -0.3 is 24.1 Å². The summed E-state index contributed by atoms with van der Waals surface area (Å²) >= 11 is 0. The third-order valence-electron chi connectivity index (χ3n) is 3.94. The zero-order valence-corrected chi connectivity index (χ0v) is 15.2. The molecular weight excluding hydrogens is 344 g/mol. The van der Waals surface area contributed by atoms with Crippen LogP contribution in [0.4, 0.5) is 0 Å². The molecule has 0 aromatic heterocycles. The molecule has 1 N–H and O–H groups in total. The monoisotopic (exact) mass is 364 g/mol. The predicted octanol–water partition coefficient (Wildman–Crippen LogP) is 2.09. The molecule has 8 nitrogen and oxygen atoms in total. The Hall–Kier alpha value is -3.03. The summed E-state index contributed by atoms with van der Waals surface area (Å²) < 4.78 is 20.7. The number of ketones is 2. The van der Waals surface area contributed by atoms with Crippen molar-refractivity contribution in [2.24, 2.45) is 0 Å². The first-order valence-corrected chi connectivity index (χ1v) is 7.78. The highest BCUT2D eigenvalue weighted by Crippen LogP contribution is 2.46. The number of methoxy groups -OCH3 is 3. The molecule has 140 valence electrons. The fraction of sp³-hybridized carbons (Fsp3) is 0.389. The highest BCUT2D eigenvalue weighted by atomic mass is 16.5. The molecule has 0 saturated heterocycles. The van der Waals surface area contributed by atoms with E-state index >= 15 is 0 Å². The van der Waals surface area contributed by atoms with Crippen LogP contribution in [0.1, 0.15) is 36.2 Å². The number of fused-ring (bicyclic) bond motifs is 1. The maximum Gasteiger partial charge on any atom is 0.302 e. The molecule has 0 fully saturated rings. The fourth-order valence-corrected chi connectivity index (χ4v) is 2.89. The van der Waals surface area contributed by atoms with E-state index in [2.05, 4.69) is 0 Å². The lowest BCUT2D eigenvalue weighted by Gasteiger charge is -2.24. The summed E-state index contributed by atoms with van der Waals surface area (Å²) in [7, 11) is 4.07. The van der Waals surface area contributed by atoms with Crippen molar-refractivity contribution in [2.45, 2.75) is 26.4 Å². The molecule has 1 unspecified atom stereocenters. The average molecular weight is 364 g/mol. The third-order valence-corrected chi connectivity index (χ3v) is 3.94. The summed E-state index contributed by atoms with van der Waals surface area (Å²) in [6.07, 6.45) is -0.834. The van der Waals surface area contributed by atoms with Crippen LogP contribution in [0.25, 0.3) is 5.76 Å². The molecule has 1 aliphatic rings.